The van der Waals surface area contributed by atoms with Gasteiger partial charge in [-0.2, -0.15) is 0 Å². The standard InChI is InChI=1S/C27H25ClN4O3/c1-18(30-26(33)21-10-6-12-29-25(21)31-13-15-35-16-14-31)23-17-19-7-5-11-22(28)24(19)27(34)32(23)20-8-3-2-4-9-20/h2-12,17-18H,13-16H2,1H3,(H,30,33)/t18-/m0/s1. The van der Waals surface area contributed by atoms with Gasteiger partial charge in [-0.05, 0) is 48.7 Å². The lowest BCUT2D eigenvalue weighted by Gasteiger charge is -2.29. The maximum absolute atomic E-state index is 13.6. The summed E-state index contributed by atoms with van der Waals surface area (Å²) in [7, 11) is 0. The van der Waals surface area contributed by atoms with Crippen molar-refractivity contribution in [1.29, 1.82) is 0 Å². The topological polar surface area (TPSA) is 76.5 Å². The average Bonchev–Trinajstić information content (AvgIpc) is 2.89. The van der Waals surface area contributed by atoms with Crippen molar-refractivity contribution < 1.29 is 9.53 Å². The maximum atomic E-state index is 13.6. The highest BCUT2D eigenvalue weighted by Crippen LogP contribution is 2.26. The largest absolute Gasteiger partial charge is 0.378 e. The molecule has 0 aliphatic carbocycles. The van der Waals surface area contributed by atoms with Gasteiger partial charge in [0.15, 0.2) is 0 Å². The third-order valence-corrected chi connectivity index (χ3v) is 6.49. The minimum absolute atomic E-state index is 0.231. The van der Waals surface area contributed by atoms with E-state index >= 15 is 0 Å². The van der Waals surface area contributed by atoms with Crippen LogP contribution < -0.4 is 15.8 Å². The number of amides is 1. The van der Waals surface area contributed by atoms with E-state index in [1.165, 1.54) is 0 Å². The van der Waals surface area contributed by atoms with Crippen LogP contribution >= 0.6 is 11.6 Å². The van der Waals surface area contributed by atoms with E-state index in [9.17, 15) is 9.59 Å². The number of anilines is 1. The lowest BCUT2D eigenvalue weighted by molar-refractivity contribution is 0.0937. The lowest BCUT2D eigenvalue weighted by atomic mass is 10.1. The number of morpholine rings is 1. The van der Waals surface area contributed by atoms with Gasteiger partial charge in [-0.25, -0.2) is 4.98 Å². The highest BCUT2D eigenvalue weighted by Gasteiger charge is 2.23. The van der Waals surface area contributed by atoms with Gasteiger partial charge in [0.05, 0.1) is 35.2 Å². The van der Waals surface area contributed by atoms with E-state index < -0.39 is 6.04 Å². The molecular formula is C27H25ClN4O3. The normalized spacial score (nSPS) is 14.6. The number of hydrogen-bond acceptors (Lipinski definition) is 5. The summed E-state index contributed by atoms with van der Waals surface area (Å²) in [5.41, 5.74) is 1.61. The summed E-state index contributed by atoms with van der Waals surface area (Å²) in [6.45, 7) is 4.40. The van der Waals surface area contributed by atoms with E-state index in [0.717, 1.165) is 5.39 Å². The molecule has 0 bridgehead atoms. The van der Waals surface area contributed by atoms with Gasteiger partial charge in [-0.3, -0.25) is 14.2 Å². The number of halogens is 1. The number of hydrogen-bond donors (Lipinski definition) is 1. The minimum atomic E-state index is -0.475. The summed E-state index contributed by atoms with van der Waals surface area (Å²) in [5.74, 6) is 0.372. The number of pyridine rings is 2. The van der Waals surface area contributed by atoms with E-state index in [4.69, 9.17) is 16.3 Å². The van der Waals surface area contributed by atoms with Crippen LogP contribution in [0.15, 0.2) is 77.7 Å². The van der Waals surface area contributed by atoms with Crippen LogP contribution in [0.25, 0.3) is 16.5 Å². The molecule has 8 heteroatoms. The van der Waals surface area contributed by atoms with Crippen LogP contribution in [0.5, 0.6) is 0 Å². The second kappa shape index (κ2) is 9.90. The van der Waals surface area contributed by atoms with Crippen molar-refractivity contribution >= 4 is 34.1 Å². The van der Waals surface area contributed by atoms with E-state index in [-0.39, 0.29) is 11.5 Å². The summed E-state index contributed by atoms with van der Waals surface area (Å²) in [6.07, 6.45) is 1.69. The Morgan fingerprint density at radius 1 is 1.06 bits per heavy atom. The summed E-state index contributed by atoms with van der Waals surface area (Å²) in [6, 6.07) is 19.7. The second-order valence-electron chi connectivity index (χ2n) is 8.42. The molecule has 1 N–H and O–H groups in total. The van der Waals surface area contributed by atoms with Gasteiger partial charge < -0.3 is 15.0 Å². The average molecular weight is 489 g/mol. The van der Waals surface area contributed by atoms with E-state index in [1.54, 1.807) is 29.0 Å². The predicted octanol–water partition coefficient (Wildman–Crippen LogP) is 4.37. The molecular weight excluding hydrogens is 464 g/mol. The first-order valence-electron chi connectivity index (χ1n) is 11.5. The number of aromatic nitrogens is 2. The van der Waals surface area contributed by atoms with Crippen LogP contribution in [0.1, 0.15) is 29.0 Å². The number of benzene rings is 2. The smallest absolute Gasteiger partial charge is 0.264 e. The number of para-hydroxylation sites is 1. The number of carbonyl (C=O) groups is 1. The zero-order chi connectivity index (χ0) is 24.4. The molecule has 1 aliphatic rings. The van der Waals surface area contributed by atoms with Crippen LogP contribution in [0, 0.1) is 0 Å². The molecule has 5 rings (SSSR count). The van der Waals surface area contributed by atoms with Crippen molar-refractivity contribution in [2.45, 2.75) is 13.0 Å². The van der Waals surface area contributed by atoms with Crippen LogP contribution in [-0.4, -0.2) is 41.8 Å². The fraction of sp³-hybridized carbons (Fsp3) is 0.222. The highest BCUT2D eigenvalue weighted by molar-refractivity contribution is 6.35. The van der Waals surface area contributed by atoms with E-state index in [2.05, 4.69) is 15.2 Å². The Morgan fingerprint density at radius 3 is 2.60 bits per heavy atom. The second-order valence-corrected chi connectivity index (χ2v) is 8.83. The number of nitrogens with zero attached hydrogens (tertiary/aromatic N) is 3. The minimum Gasteiger partial charge on any atom is -0.378 e. The zero-order valence-electron chi connectivity index (χ0n) is 19.3. The maximum Gasteiger partial charge on any atom is 0.264 e. The molecule has 1 amide bonds. The van der Waals surface area contributed by atoms with Gasteiger partial charge in [0.1, 0.15) is 5.82 Å². The van der Waals surface area contributed by atoms with Gasteiger partial charge >= 0.3 is 0 Å². The summed E-state index contributed by atoms with van der Waals surface area (Å²) in [4.78, 5) is 33.6. The molecule has 0 spiro atoms. The third-order valence-electron chi connectivity index (χ3n) is 6.17. The molecule has 1 saturated heterocycles. The molecule has 2 aromatic carbocycles. The van der Waals surface area contributed by atoms with Gasteiger partial charge in [-0.15, -0.1) is 0 Å². The molecule has 3 heterocycles. The first kappa shape index (κ1) is 23.1. The van der Waals surface area contributed by atoms with Crippen molar-refractivity contribution in [1.82, 2.24) is 14.9 Å². The van der Waals surface area contributed by atoms with Crippen molar-refractivity contribution in [2.75, 3.05) is 31.2 Å². The Kier molecular flexibility index (Phi) is 6.53. The lowest BCUT2D eigenvalue weighted by Crippen LogP contribution is -2.39. The number of rotatable bonds is 5. The van der Waals surface area contributed by atoms with Crippen molar-refractivity contribution in [2.24, 2.45) is 0 Å². The first-order chi connectivity index (χ1) is 17.0. The number of ether oxygens (including phenoxy) is 1. The SMILES string of the molecule is C[C@H](NC(=O)c1cccnc1N1CCOCC1)c1cc2cccc(Cl)c2c(=O)n1-c1ccccc1. The molecule has 35 heavy (non-hydrogen) atoms. The fourth-order valence-electron chi connectivity index (χ4n) is 4.45. The molecule has 0 radical (unpaired) electrons. The number of carbonyl (C=O) groups excluding carboxylic acids is 1. The molecule has 4 aromatic rings. The van der Waals surface area contributed by atoms with Gasteiger partial charge in [0.2, 0.25) is 0 Å². The Hall–Kier alpha value is -3.68. The predicted molar refractivity (Wildman–Crippen MR) is 138 cm³/mol. The van der Waals surface area contributed by atoms with Crippen molar-refractivity contribution in [3.8, 4) is 5.69 Å². The van der Waals surface area contributed by atoms with Crippen LogP contribution in [0.2, 0.25) is 5.02 Å². The zero-order valence-corrected chi connectivity index (χ0v) is 20.0. The number of fused-ring (bicyclic) bond motifs is 1. The van der Waals surface area contributed by atoms with Gasteiger partial charge in [-0.1, -0.05) is 41.9 Å². The highest BCUT2D eigenvalue weighted by atomic mass is 35.5. The van der Waals surface area contributed by atoms with Crippen LogP contribution in [0.3, 0.4) is 0 Å². The quantitative estimate of drug-likeness (QED) is 0.451. The third kappa shape index (κ3) is 4.52. The fourth-order valence-corrected chi connectivity index (χ4v) is 4.71. The van der Waals surface area contributed by atoms with Crippen molar-refractivity contribution in [3.05, 3.63) is 99.6 Å². The summed E-state index contributed by atoms with van der Waals surface area (Å²) >= 11 is 6.41. The monoisotopic (exact) mass is 488 g/mol. The van der Waals surface area contributed by atoms with Gasteiger partial charge in [0, 0.05) is 30.7 Å². The van der Waals surface area contributed by atoms with Crippen molar-refractivity contribution in [3.63, 3.8) is 0 Å². The Balaban J connectivity index is 1.55. The Labute approximate surface area is 207 Å². The van der Waals surface area contributed by atoms with Crippen LogP contribution in [-0.2, 0) is 4.74 Å². The first-order valence-corrected chi connectivity index (χ1v) is 11.9. The molecule has 1 fully saturated rings. The van der Waals surface area contributed by atoms with Crippen LogP contribution in [0.4, 0.5) is 5.82 Å². The molecule has 0 saturated carbocycles. The molecule has 0 unspecified atom stereocenters. The number of nitrogens with one attached hydrogen (secondary N) is 1. The molecule has 2 aromatic heterocycles. The van der Waals surface area contributed by atoms with Gasteiger partial charge in [0.25, 0.3) is 11.5 Å². The summed E-state index contributed by atoms with van der Waals surface area (Å²) in [5, 5.41) is 4.64. The van der Waals surface area contributed by atoms with E-state index in [1.807, 2.05) is 55.5 Å². The Bertz CT molecular complexity index is 1430. The molecule has 1 atom stereocenters. The molecule has 7 nitrogen and oxygen atoms in total. The summed E-state index contributed by atoms with van der Waals surface area (Å²) < 4.78 is 7.06. The van der Waals surface area contributed by atoms with E-state index in [0.29, 0.717) is 59.5 Å². The Morgan fingerprint density at radius 2 is 1.83 bits per heavy atom. The molecule has 178 valence electrons. The molecule has 1 aliphatic heterocycles.